The fourth-order valence-corrected chi connectivity index (χ4v) is 1.15. The maximum Gasteiger partial charge on any atom is 0.330 e. The first-order valence-electron chi connectivity index (χ1n) is 3.78. The molecule has 1 atom stereocenters. The van der Waals surface area contributed by atoms with Gasteiger partial charge in [-0.25, -0.2) is 4.79 Å². The van der Waals surface area contributed by atoms with Gasteiger partial charge in [0.2, 0.25) is 0 Å². The quantitative estimate of drug-likeness (QED) is 0.381. The van der Waals surface area contributed by atoms with E-state index in [1.807, 2.05) is 0 Å². The number of carbonyl (C=O) groups excluding carboxylic acids is 2. The van der Waals surface area contributed by atoms with E-state index in [-0.39, 0.29) is 11.9 Å². The number of ether oxygens (including phenoxy) is 1. The number of carbonyl (C=O) groups is 2. The number of esters is 2. The fourth-order valence-electron chi connectivity index (χ4n) is 1.10. The lowest BCUT2D eigenvalue weighted by molar-refractivity contribution is -0.159. The van der Waals surface area contributed by atoms with Crippen molar-refractivity contribution in [2.75, 3.05) is 12.4 Å². The molecule has 1 saturated heterocycles. The minimum atomic E-state index is -0.685. The predicted molar refractivity (Wildman–Crippen MR) is 42.8 cm³/mol. The smallest absolute Gasteiger partial charge is 0.330 e. The summed E-state index contributed by atoms with van der Waals surface area (Å²) in [4.78, 5) is 21.6. The molecule has 1 aliphatic rings. The van der Waals surface area contributed by atoms with Gasteiger partial charge in [-0.05, 0) is 19.4 Å². The van der Waals surface area contributed by atoms with Gasteiger partial charge in [-0.15, -0.1) is 11.6 Å². The van der Waals surface area contributed by atoms with Crippen molar-refractivity contribution in [3.8, 4) is 0 Å². The van der Waals surface area contributed by atoms with Gasteiger partial charge in [-0.1, -0.05) is 0 Å². The normalized spacial score (nSPS) is 22.2. The number of hydrogen-bond acceptors (Lipinski definition) is 4. The summed E-state index contributed by atoms with van der Waals surface area (Å²) in [7, 11) is 0. The molecule has 0 bridgehead atoms. The number of alkyl halides is 1. The van der Waals surface area contributed by atoms with E-state index in [9.17, 15) is 9.59 Å². The molecule has 1 fully saturated rings. The molecule has 4 nitrogen and oxygen atoms in total. The summed E-state index contributed by atoms with van der Waals surface area (Å²) < 4.78 is 4.41. The van der Waals surface area contributed by atoms with E-state index in [1.54, 1.807) is 0 Å². The van der Waals surface area contributed by atoms with Crippen LogP contribution in [0.15, 0.2) is 0 Å². The van der Waals surface area contributed by atoms with Crippen molar-refractivity contribution in [1.82, 2.24) is 5.32 Å². The third-order valence-electron chi connectivity index (χ3n) is 1.67. The summed E-state index contributed by atoms with van der Waals surface area (Å²) in [5.41, 5.74) is 0. The third kappa shape index (κ3) is 2.46. The number of rotatable bonds is 2. The van der Waals surface area contributed by atoms with Gasteiger partial charge in [-0.3, -0.25) is 4.79 Å². The summed E-state index contributed by atoms with van der Waals surface area (Å²) in [6.45, 7) is 0.800. The highest BCUT2D eigenvalue weighted by atomic mass is 35.5. The van der Waals surface area contributed by atoms with Crippen LogP contribution in [-0.4, -0.2) is 30.4 Å². The standard InChI is InChI=1S/C7H10ClNO3/c8-4-6(10)12-7(11)5-2-1-3-9-5/h5,9H,1-4H2/t5-/m0/s1. The maximum atomic E-state index is 11.1. The summed E-state index contributed by atoms with van der Waals surface area (Å²) in [5, 5.41) is 2.92. The van der Waals surface area contributed by atoms with Crippen molar-refractivity contribution in [2.45, 2.75) is 18.9 Å². The van der Waals surface area contributed by atoms with E-state index in [0.29, 0.717) is 0 Å². The Hall–Kier alpha value is -0.610. The van der Waals surface area contributed by atoms with Gasteiger partial charge in [0.25, 0.3) is 0 Å². The van der Waals surface area contributed by atoms with Crippen molar-refractivity contribution in [3.05, 3.63) is 0 Å². The second kappa shape index (κ2) is 4.42. The lowest BCUT2D eigenvalue weighted by atomic mass is 10.2. The van der Waals surface area contributed by atoms with Gasteiger partial charge in [0.05, 0.1) is 0 Å². The molecular formula is C7H10ClNO3. The monoisotopic (exact) mass is 191 g/mol. The van der Waals surface area contributed by atoms with Crippen LogP contribution in [0.2, 0.25) is 0 Å². The molecule has 5 heteroatoms. The maximum absolute atomic E-state index is 11.1. The summed E-state index contributed by atoms with van der Waals surface area (Å²) in [6.07, 6.45) is 1.67. The summed E-state index contributed by atoms with van der Waals surface area (Å²) in [5.74, 6) is -1.48. The van der Waals surface area contributed by atoms with Gasteiger partial charge in [0.15, 0.2) is 0 Å². The molecule has 68 valence electrons. The molecule has 0 saturated carbocycles. The van der Waals surface area contributed by atoms with E-state index in [0.717, 1.165) is 19.4 Å². The average molecular weight is 192 g/mol. The molecule has 0 spiro atoms. The zero-order valence-electron chi connectivity index (χ0n) is 6.51. The topological polar surface area (TPSA) is 55.4 Å². The molecule has 12 heavy (non-hydrogen) atoms. The Morgan fingerprint density at radius 1 is 1.58 bits per heavy atom. The van der Waals surface area contributed by atoms with Crippen LogP contribution in [-0.2, 0) is 14.3 Å². The van der Waals surface area contributed by atoms with Gasteiger partial charge in [0, 0.05) is 0 Å². The molecule has 0 aliphatic carbocycles. The zero-order chi connectivity index (χ0) is 8.97. The lowest BCUT2D eigenvalue weighted by Gasteiger charge is -2.06. The Labute approximate surface area is 75.2 Å². The highest BCUT2D eigenvalue weighted by molar-refractivity contribution is 6.27. The first-order valence-corrected chi connectivity index (χ1v) is 4.31. The molecular weight excluding hydrogens is 182 g/mol. The van der Waals surface area contributed by atoms with Crippen molar-refractivity contribution in [3.63, 3.8) is 0 Å². The average Bonchev–Trinajstić information content (AvgIpc) is 2.56. The molecule has 1 aliphatic heterocycles. The van der Waals surface area contributed by atoms with E-state index in [2.05, 4.69) is 10.1 Å². The fraction of sp³-hybridized carbons (Fsp3) is 0.714. The van der Waals surface area contributed by atoms with Crippen molar-refractivity contribution >= 4 is 23.5 Å². The highest BCUT2D eigenvalue weighted by Gasteiger charge is 2.24. The molecule has 0 radical (unpaired) electrons. The predicted octanol–water partition coefficient (Wildman–Crippen LogP) is 0.0470. The van der Waals surface area contributed by atoms with E-state index in [1.165, 1.54) is 0 Å². The van der Waals surface area contributed by atoms with E-state index in [4.69, 9.17) is 11.6 Å². The molecule has 1 N–H and O–H groups in total. The molecule has 0 aromatic carbocycles. The van der Waals surface area contributed by atoms with Crippen LogP contribution in [0.1, 0.15) is 12.8 Å². The molecule has 0 aromatic heterocycles. The van der Waals surface area contributed by atoms with Gasteiger partial charge >= 0.3 is 11.9 Å². The number of hydrogen-bond donors (Lipinski definition) is 1. The summed E-state index contributed by atoms with van der Waals surface area (Å²) in [6, 6.07) is -0.322. The molecule has 0 aromatic rings. The Kier molecular flexibility index (Phi) is 3.49. The minimum absolute atomic E-state index is 0.279. The van der Waals surface area contributed by atoms with Crippen molar-refractivity contribution < 1.29 is 14.3 Å². The Morgan fingerprint density at radius 3 is 2.83 bits per heavy atom. The van der Waals surface area contributed by atoms with Gasteiger partial charge < -0.3 is 10.1 Å². The zero-order valence-corrected chi connectivity index (χ0v) is 7.26. The van der Waals surface area contributed by atoms with Crippen molar-refractivity contribution in [1.29, 1.82) is 0 Å². The third-order valence-corrected chi connectivity index (χ3v) is 1.89. The second-order valence-electron chi connectivity index (χ2n) is 2.58. The van der Waals surface area contributed by atoms with Crippen LogP contribution in [0.3, 0.4) is 0 Å². The molecule has 0 amide bonds. The number of halogens is 1. The first kappa shape index (κ1) is 9.48. The first-order chi connectivity index (χ1) is 5.74. The van der Waals surface area contributed by atoms with Gasteiger partial charge in [0.1, 0.15) is 11.9 Å². The van der Waals surface area contributed by atoms with E-state index >= 15 is 0 Å². The Balaban J connectivity index is 2.32. The SMILES string of the molecule is O=C(CCl)OC(=O)[C@@H]1CCCN1. The van der Waals surface area contributed by atoms with Crippen LogP contribution in [0.4, 0.5) is 0 Å². The van der Waals surface area contributed by atoms with Crippen molar-refractivity contribution in [2.24, 2.45) is 0 Å². The Bertz CT molecular complexity index is 189. The molecule has 0 unspecified atom stereocenters. The highest BCUT2D eigenvalue weighted by Crippen LogP contribution is 2.06. The molecule has 1 rings (SSSR count). The largest absolute Gasteiger partial charge is 0.391 e. The van der Waals surface area contributed by atoms with E-state index < -0.39 is 11.9 Å². The van der Waals surface area contributed by atoms with Crippen LogP contribution >= 0.6 is 11.6 Å². The number of nitrogens with one attached hydrogen (secondary N) is 1. The second-order valence-corrected chi connectivity index (χ2v) is 2.84. The summed E-state index contributed by atoms with van der Waals surface area (Å²) >= 11 is 5.16. The molecule has 1 heterocycles. The van der Waals surface area contributed by atoms with Crippen LogP contribution in [0, 0.1) is 0 Å². The van der Waals surface area contributed by atoms with Crippen LogP contribution < -0.4 is 5.32 Å². The minimum Gasteiger partial charge on any atom is -0.391 e. The van der Waals surface area contributed by atoms with Crippen LogP contribution in [0.5, 0.6) is 0 Å². The van der Waals surface area contributed by atoms with Gasteiger partial charge in [-0.2, -0.15) is 0 Å². The Morgan fingerprint density at radius 2 is 2.33 bits per heavy atom. The van der Waals surface area contributed by atoms with Crippen LogP contribution in [0.25, 0.3) is 0 Å². The lowest BCUT2D eigenvalue weighted by Crippen LogP contribution is -2.34.